The summed E-state index contributed by atoms with van der Waals surface area (Å²) in [6.45, 7) is 4.76. The van der Waals surface area contributed by atoms with Crippen molar-refractivity contribution >= 4 is 21.4 Å². The van der Waals surface area contributed by atoms with Crippen LogP contribution in [0.2, 0.25) is 0 Å². The van der Waals surface area contributed by atoms with E-state index in [1.54, 1.807) is 12.1 Å². The fraction of sp³-hybridized carbons (Fsp3) is 0.500. The van der Waals surface area contributed by atoms with Crippen LogP contribution in [-0.4, -0.2) is 23.5 Å². The SMILES string of the molecule is CCS(=O)(=O)[C@@](C)(Cl)[C@H](O)c1ccc(C)cc1. The maximum absolute atomic E-state index is 11.8. The summed E-state index contributed by atoms with van der Waals surface area (Å²) in [6, 6.07) is 6.99. The highest BCUT2D eigenvalue weighted by atomic mass is 35.5. The topological polar surface area (TPSA) is 54.4 Å². The van der Waals surface area contributed by atoms with Crippen LogP contribution in [0.4, 0.5) is 0 Å². The van der Waals surface area contributed by atoms with Gasteiger partial charge in [-0.3, -0.25) is 0 Å². The standard InChI is InChI=1S/C12H17ClO3S/c1-4-17(15,16)12(3,13)11(14)10-7-5-9(2)6-8-10/h5-8,11,14H,4H2,1-3H3/t11-,12-/m1/s1. The van der Waals surface area contributed by atoms with Gasteiger partial charge < -0.3 is 5.11 Å². The third-order valence-electron chi connectivity index (χ3n) is 2.87. The molecule has 0 bridgehead atoms. The molecule has 5 heteroatoms. The lowest BCUT2D eigenvalue weighted by molar-refractivity contribution is 0.162. The number of hydrogen-bond acceptors (Lipinski definition) is 3. The third-order valence-corrected chi connectivity index (χ3v) is 5.98. The Morgan fingerprint density at radius 1 is 1.35 bits per heavy atom. The van der Waals surface area contributed by atoms with Gasteiger partial charge in [0.1, 0.15) is 6.10 Å². The second kappa shape index (κ2) is 4.96. The Balaban J connectivity index is 3.12. The molecule has 0 aliphatic rings. The van der Waals surface area contributed by atoms with Crippen LogP contribution < -0.4 is 0 Å². The maximum Gasteiger partial charge on any atom is 0.172 e. The van der Waals surface area contributed by atoms with Gasteiger partial charge in [-0.2, -0.15) is 0 Å². The zero-order valence-corrected chi connectivity index (χ0v) is 11.7. The van der Waals surface area contributed by atoms with Crippen molar-refractivity contribution in [1.82, 2.24) is 0 Å². The summed E-state index contributed by atoms with van der Waals surface area (Å²) in [6.07, 6.45) is -1.24. The molecule has 0 aliphatic carbocycles. The van der Waals surface area contributed by atoms with Crippen LogP contribution in [-0.2, 0) is 9.84 Å². The monoisotopic (exact) mass is 276 g/mol. The van der Waals surface area contributed by atoms with Crippen molar-refractivity contribution in [3.8, 4) is 0 Å². The summed E-state index contributed by atoms with van der Waals surface area (Å²) < 4.78 is 21.9. The Hall–Kier alpha value is -0.580. The number of rotatable bonds is 4. The first-order chi connectivity index (χ1) is 7.72. The first-order valence-electron chi connectivity index (χ1n) is 5.38. The summed E-state index contributed by atoms with van der Waals surface area (Å²) in [5, 5.41) is 10.1. The Bertz CT molecular complexity index is 477. The van der Waals surface area contributed by atoms with Crippen LogP contribution in [0.5, 0.6) is 0 Å². The highest BCUT2D eigenvalue weighted by Crippen LogP contribution is 2.37. The van der Waals surface area contributed by atoms with Crippen molar-refractivity contribution in [1.29, 1.82) is 0 Å². The molecular weight excluding hydrogens is 260 g/mol. The van der Waals surface area contributed by atoms with Gasteiger partial charge in [-0.1, -0.05) is 48.4 Å². The molecule has 17 heavy (non-hydrogen) atoms. The minimum atomic E-state index is -3.54. The van der Waals surface area contributed by atoms with E-state index in [4.69, 9.17) is 11.6 Å². The van der Waals surface area contributed by atoms with E-state index in [1.165, 1.54) is 13.8 Å². The molecule has 1 aromatic rings. The number of aliphatic hydroxyl groups excluding tert-OH is 1. The Morgan fingerprint density at radius 3 is 2.24 bits per heavy atom. The van der Waals surface area contributed by atoms with E-state index in [-0.39, 0.29) is 5.75 Å². The molecule has 0 heterocycles. The van der Waals surface area contributed by atoms with Crippen molar-refractivity contribution < 1.29 is 13.5 Å². The van der Waals surface area contributed by atoms with Gasteiger partial charge in [0.05, 0.1) is 0 Å². The summed E-state index contributed by atoms with van der Waals surface area (Å²) in [5.41, 5.74) is 1.54. The van der Waals surface area contributed by atoms with Crippen LogP contribution in [0.25, 0.3) is 0 Å². The molecule has 0 saturated heterocycles. The van der Waals surface area contributed by atoms with Gasteiger partial charge in [0.2, 0.25) is 0 Å². The summed E-state index contributed by atoms with van der Waals surface area (Å²) in [4.78, 5) is 0. The molecule has 1 aromatic carbocycles. The van der Waals surface area contributed by atoms with Gasteiger partial charge in [-0.05, 0) is 19.4 Å². The summed E-state index contributed by atoms with van der Waals surface area (Å²) >= 11 is 6.01. The first-order valence-corrected chi connectivity index (χ1v) is 7.41. The van der Waals surface area contributed by atoms with Crippen molar-refractivity contribution in [2.75, 3.05) is 5.75 Å². The number of halogens is 1. The molecule has 3 nitrogen and oxygen atoms in total. The van der Waals surface area contributed by atoms with Crippen LogP contribution in [0, 0.1) is 6.92 Å². The molecule has 0 saturated carbocycles. The molecule has 0 radical (unpaired) electrons. The fourth-order valence-electron chi connectivity index (χ4n) is 1.50. The van der Waals surface area contributed by atoms with E-state index in [1.807, 2.05) is 19.1 Å². The molecule has 0 fully saturated rings. The normalized spacial score (nSPS) is 17.5. The summed E-state index contributed by atoms with van der Waals surface area (Å²) in [7, 11) is -3.54. The highest BCUT2D eigenvalue weighted by molar-refractivity contribution is 7.94. The molecule has 0 spiro atoms. The minimum absolute atomic E-state index is 0.101. The lowest BCUT2D eigenvalue weighted by atomic mass is 10.1. The van der Waals surface area contributed by atoms with Gasteiger partial charge in [-0.15, -0.1) is 0 Å². The Morgan fingerprint density at radius 2 is 1.82 bits per heavy atom. The predicted molar refractivity (Wildman–Crippen MR) is 69.9 cm³/mol. The second-order valence-corrected chi connectivity index (χ2v) is 7.87. The van der Waals surface area contributed by atoms with E-state index in [0.717, 1.165) is 5.56 Å². The van der Waals surface area contributed by atoms with Crippen molar-refractivity contribution in [3.63, 3.8) is 0 Å². The zero-order chi connectivity index (χ0) is 13.3. The maximum atomic E-state index is 11.8. The van der Waals surface area contributed by atoms with Crippen molar-refractivity contribution in [2.24, 2.45) is 0 Å². The minimum Gasteiger partial charge on any atom is -0.385 e. The molecule has 0 amide bonds. The summed E-state index contributed by atoms with van der Waals surface area (Å²) in [5.74, 6) is -0.101. The van der Waals surface area contributed by atoms with Crippen molar-refractivity contribution in [2.45, 2.75) is 31.1 Å². The fourth-order valence-corrected chi connectivity index (χ4v) is 2.99. The number of benzene rings is 1. The number of sulfone groups is 1. The third kappa shape index (κ3) is 2.81. The van der Waals surface area contributed by atoms with Crippen LogP contribution >= 0.6 is 11.6 Å². The molecule has 96 valence electrons. The lowest BCUT2D eigenvalue weighted by Crippen LogP contribution is -2.37. The Labute approximate surface area is 107 Å². The molecule has 0 aromatic heterocycles. The molecular formula is C12H17ClO3S. The second-order valence-electron chi connectivity index (χ2n) is 4.20. The lowest BCUT2D eigenvalue weighted by Gasteiger charge is -2.27. The average Bonchev–Trinajstić information content (AvgIpc) is 2.28. The largest absolute Gasteiger partial charge is 0.385 e. The number of alkyl halides is 1. The smallest absolute Gasteiger partial charge is 0.172 e. The van der Waals surface area contributed by atoms with E-state index in [2.05, 4.69) is 0 Å². The van der Waals surface area contributed by atoms with Gasteiger partial charge >= 0.3 is 0 Å². The van der Waals surface area contributed by atoms with Crippen LogP contribution in [0.1, 0.15) is 31.1 Å². The number of aryl methyl sites for hydroxylation is 1. The Kier molecular flexibility index (Phi) is 4.23. The van der Waals surface area contributed by atoms with Gasteiger partial charge in [0, 0.05) is 5.75 Å². The van der Waals surface area contributed by atoms with E-state index in [9.17, 15) is 13.5 Å². The van der Waals surface area contributed by atoms with Crippen molar-refractivity contribution in [3.05, 3.63) is 35.4 Å². The van der Waals surface area contributed by atoms with Crippen LogP contribution in [0.3, 0.4) is 0 Å². The predicted octanol–water partition coefficient (Wildman–Crippen LogP) is 2.42. The molecule has 1 N–H and O–H groups in total. The molecule has 0 aliphatic heterocycles. The molecule has 2 atom stereocenters. The number of aliphatic hydroxyl groups is 1. The van der Waals surface area contributed by atoms with Gasteiger partial charge in [-0.25, -0.2) is 8.42 Å². The highest BCUT2D eigenvalue weighted by Gasteiger charge is 2.43. The van der Waals surface area contributed by atoms with Gasteiger partial charge in [0.15, 0.2) is 14.0 Å². The van der Waals surface area contributed by atoms with E-state index in [0.29, 0.717) is 5.56 Å². The molecule has 1 rings (SSSR count). The zero-order valence-electron chi connectivity index (χ0n) is 10.1. The van der Waals surface area contributed by atoms with Crippen LogP contribution in [0.15, 0.2) is 24.3 Å². The van der Waals surface area contributed by atoms with E-state index >= 15 is 0 Å². The quantitative estimate of drug-likeness (QED) is 0.860. The molecule has 0 unspecified atom stereocenters. The number of hydrogen-bond donors (Lipinski definition) is 1. The average molecular weight is 277 g/mol. The van der Waals surface area contributed by atoms with Gasteiger partial charge in [0.25, 0.3) is 0 Å². The first kappa shape index (κ1) is 14.5. The van der Waals surface area contributed by atoms with E-state index < -0.39 is 20.1 Å².